The van der Waals surface area contributed by atoms with Crippen LogP contribution in [0.15, 0.2) is 102 Å². The number of nitrogens with zero attached hydrogens (tertiary/aromatic N) is 2. The first-order valence-electron chi connectivity index (χ1n) is 14.6. The first kappa shape index (κ1) is 35.6. The maximum Gasteiger partial charge on any atom is 0.264 e. The van der Waals surface area contributed by atoms with Gasteiger partial charge in [-0.1, -0.05) is 114 Å². The Morgan fingerprint density at radius 3 is 2.11 bits per heavy atom. The molecule has 0 aliphatic rings. The Kier molecular flexibility index (Phi) is 12.8. The van der Waals surface area contributed by atoms with Gasteiger partial charge in [0.2, 0.25) is 11.8 Å². The molecule has 0 bridgehead atoms. The van der Waals surface area contributed by atoms with Crippen molar-refractivity contribution < 1.29 is 18.0 Å². The Morgan fingerprint density at radius 1 is 0.804 bits per heavy atom. The molecule has 0 radical (unpaired) electrons. The number of benzene rings is 4. The van der Waals surface area contributed by atoms with Crippen LogP contribution in [0.5, 0.6) is 0 Å². The molecule has 4 aromatic carbocycles. The number of hydrogen-bond acceptors (Lipinski definition) is 4. The second-order valence-electron chi connectivity index (χ2n) is 10.5. The molecule has 0 unspecified atom stereocenters. The average molecular weight is 722 g/mol. The van der Waals surface area contributed by atoms with Crippen molar-refractivity contribution in [3.05, 3.63) is 128 Å². The van der Waals surface area contributed by atoms with Crippen molar-refractivity contribution in [3.8, 4) is 0 Å². The molecule has 0 fully saturated rings. The summed E-state index contributed by atoms with van der Waals surface area (Å²) in [5.74, 6) is -1.01. The van der Waals surface area contributed by atoms with Crippen molar-refractivity contribution in [2.45, 2.75) is 43.7 Å². The van der Waals surface area contributed by atoms with E-state index in [-0.39, 0.29) is 39.5 Å². The molecule has 4 rings (SSSR count). The molecule has 2 amide bonds. The molecule has 7 nitrogen and oxygen atoms in total. The van der Waals surface area contributed by atoms with Gasteiger partial charge in [0.25, 0.3) is 10.0 Å². The van der Waals surface area contributed by atoms with Crippen LogP contribution >= 0.6 is 46.4 Å². The Balaban J connectivity index is 1.82. The molecule has 12 heteroatoms. The lowest BCUT2D eigenvalue weighted by Gasteiger charge is -2.34. The van der Waals surface area contributed by atoms with Gasteiger partial charge < -0.3 is 10.2 Å². The zero-order valence-corrected chi connectivity index (χ0v) is 28.8. The number of amides is 2. The summed E-state index contributed by atoms with van der Waals surface area (Å²) < 4.78 is 29.1. The first-order valence-corrected chi connectivity index (χ1v) is 17.5. The predicted octanol–water partition coefficient (Wildman–Crippen LogP) is 8.05. The normalized spacial score (nSPS) is 11.9. The Hall–Kier alpha value is -3.27. The molecule has 0 saturated carbocycles. The summed E-state index contributed by atoms with van der Waals surface area (Å²) in [5.41, 5.74) is 1.48. The standard InChI is InChI=1S/C34H33Cl4N3O4S/c1-2-3-18-39-34(43)32(19-24-10-6-4-7-11-24)40(22-25-14-15-26(35)20-30(25)37)33(42)23-41(27-16-17-29(36)31(38)21-27)46(44,45)28-12-8-5-9-13-28/h4-17,20-21,32H,2-3,18-19,22-23H2,1H3,(H,39,43)/t32-/m0/s1. The van der Waals surface area contributed by atoms with Gasteiger partial charge in [0.05, 0.1) is 20.6 Å². The smallest absolute Gasteiger partial charge is 0.264 e. The third-order valence-corrected chi connectivity index (χ3v) is 10.4. The number of rotatable bonds is 14. The quantitative estimate of drug-likeness (QED) is 0.134. The Bertz CT molecular complexity index is 1760. The molecule has 0 aromatic heterocycles. The van der Waals surface area contributed by atoms with Crippen LogP contribution in [0.2, 0.25) is 20.1 Å². The number of anilines is 1. The summed E-state index contributed by atoms with van der Waals surface area (Å²) in [4.78, 5) is 29.7. The average Bonchev–Trinajstić information content (AvgIpc) is 3.04. The van der Waals surface area contributed by atoms with E-state index in [2.05, 4.69) is 5.32 Å². The number of halogens is 4. The Morgan fingerprint density at radius 2 is 1.48 bits per heavy atom. The van der Waals surface area contributed by atoms with E-state index >= 15 is 0 Å². The minimum Gasteiger partial charge on any atom is -0.354 e. The number of sulfonamides is 1. The SMILES string of the molecule is CCCCNC(=O)[C@H](Cc1ccccc1)N(Cc1ccc(Cl)cc1Cl)C(=O)CN(c1ccc(Cl)c(Cl)c1)S(=O)(=O)c1ccccc1. The van der Waals surface area contributed by atoms with E-state index in [0.29, 0.717) is 22.2 Å². The summed E-state index contributed by atoms with van der Waals surface area (Å²) in [6, 6.07) is 25.2. The first-order chi connectivity index (χ1) is 22.0. The molecule has 1 N–H and O–H groups in total. The predicted molar refractivity (Wildman–Crippen MR) is 186 cm³/mol. The van der Waals surface area contributed by atoms with Crippen molar-refractivity contribution in [2.24, 2.45) is 0 Å². The zero-order chi connectivity index (χ0) is 33.3. The van der Waals surface area contributed by atoms with E-state index in [1.807, 2.05) is 37.3 Å². The van der Waals surface area contributed by atoms with Crippen LogP contribution in [0.25, 0.3) is 0 Å². The van der Waals surface area contributed by atoms with Gasteiger partial charge in [-0.2, -0.15) is 0 Å². The molecule has 0 heterocycles. The molecule has 1 atom stereocenters. The molecule has 0 spiro atoms. The van der Waals surface area contributed by atoms with Crippen molar-refractivity contribution in [1.29, 1.82) is 0 Å². The molecule has 242 valence electrons. The van der Waals surface area contributed by atoms with E-state index < -0.39 is 28.5 Å². The van der Waals surface area contributed by atoms with Gasteiger partial charge in [0, 0.05) is 29.6 Å². The van der Waals surface area contributed by atoms with E-state index in [4.69, 9.17) is 46.4 Å². The van der Waals surface area contributed by atoms with Crippen molar-refractivity contribution >= 4 is 73.9 Å². The molecule has 0 aliphatic carbocycles. The largest absolute Gasteiger partial charge is 0.354 e. The van der Waals surface area contributed by atoms with Crippen LogP contribution in [0, 0.1) is 0 Å². The summed E-state index contributed by atoms with van der Waals surface area (Å²) in [5, 5.41) is 3.99. The summed E-state index contributed by atoms with van der Waals surface area (Å²) in [6.07, 6.45) is 1.79. The molecule has 46 heavy (non-hydrogen) atoms. The van der Waals surface area contributed by atoms with Crippen LogP contribution in [0.3, 0.4) is 0 Å². The van der Waals surface area contributed by atoms with Crippen LogP contribution < -0.4 is 9.62 Å². The fourth-order valence-corrected chi connectivity index (χ4v) is 6.97. The highest BCUT2D eigenvalue weighted by atomic mass is 35.5. The van der Waals surface area contributed by atoms with Crippen molar-refractivity contribution in [2.75, 3.05) is 17.4 Å². The number of nitrogens with one attached hydrogen (secondary N) is 1. The maximum absolute atomic E-state index is 14.5. The zero-order valence-electron chi connectivity index (χ0n) is 25.0. The third-order valence-electron chi connectivity index (χ3n) is 7.26. The van der Waals surface area contributed by atoms with Gasteiger partial charge in [-0.25, -0.2) is 8.42 Å². The van der Waals surface area contributed by atoms with Crippen LogP contribution in [0.4, 0.5) is 5.69 Å². The fraction of sp³-hybridized carbons (Fsp3) is 0.235. The Labute approximate surface area is 290 Å². The van der Waals surface area contributed by atoms with Crippen LogP contribution in [-0.4, -0.2) is 44.3 Å². The monoisotopic (exact) mass is 719 g/mol. The van der Waals surface area contributed by atoms with Crippen molar-refractivity contribution in [3.63, 3.8) is 0 Å². The van der Waals surface area contributed by atoms with E-state index in [0.717, 1.165) is 22.7 Å². The number of hydrogen-bond donors (Lipinski definition) is 1. The van der Waals surface area contributed by atoms with Gasteiger partial charge in [-0.15, -0.1) is 0 Å². The molecular formula is C34H33Cl4N3O4S. The summed E-state index contributed by atoms with van der Waals surface area (Å²) in [7, 11) is -4.28. The van der Waals surface area contributed by atoms with Crippen LogP contribution in [-0.2, 0) is 32.6 Å². The lowest BCUT2D eigenvalue weighted by Crippen LogP contribution is -2.53. The summed E-state index contributed by atoms with van der Waals surface area (Å²) >= 11 is 25.2. The van der Waals surface area contributed by atoms with Gasteiger partial charge in [-0.05, 0) is 60.0 Å². The minimum atomic E-state index is -4.28. The van der Waals surface area contributed by atoms with Crippen LogP contribution in [0.1, 0.15) is 30.9 Å². The van der Waals surface area contributed by atoms with Crippen molar-refractivity contribution in [1.82, 2.24) is 10.2 Å². The molecule has 0 saturated heterocycles. The number of unbranched alkanes of at least 4 members (excludes halogenated alkanes) is 1. The second-order valence-corrected chi connectivity index (χ2v) is 14.1. The van der Waals surface area contributed by atoms with Gasteiger partial charge in [-0.3, -0.25) is 13.9 Å². The van der Waals surface area contributed by atoms with Gasteiger partial charge >= 0.3 is 0 Å². The van der Waals surface area contributed by atoms with Gasteiger partial charge in [0.1, 0.15) is 12.6 Å². The van der Waals surface area contributed by atoms with E-state index in [1.54, 1.807) is 36.4 Å². The second kappa shape index (κ2) is 16.5. The van der Waals surface area contributed by atoms with E-state index in [9.17, 15) is 18.0 Å². The number of carbonyl (C=O) groups is 2. The number of carbonyl (C=O) groups excluding carboxylic acids is 2. The lowest BCUT2D eigenvalue weighted by atomic mass is 10.0. The van der Waals surface area contributed by atoms with Gasteiger partial charge in [0.15, 0.2) is 0 Å². The highest BCUT2D eigenvalue weighted by molar-refractivity contribution is 7.92. The highest BCUT2D eigenvalue weighted by Crippen LogP contribution is 2.31. The minimum absolute atomic E-state index is 0.0284. The molecule has 0 aliphatic heterocycles. The fourth-order valence-electron chi connectivity index (χ4n) is 4.78. The maximum atomic E-state index is 14.5. The van der Waals surface area contributed by atoms with E-state index in [1.165, 1.54) is 35.2 Å². The summed E-state index contributed by atoms with van der Waals surface area (Å²) in [6.45, 7) is 1.70. The molecular weight excluding hydrogens is 688 g/mol. The highest BCUT2D eigenvalue weighted by Gasteiger charge is 2.35. The lowest BCUT2D eigenvalue weighted by molar-refractivity contribution is -0.140. The third kappa shape index (κ3) is 9.17. The molecule has 4 aromatic rings. The topological polar surface area (TPSA) is 86.8 Å².